The molecule has 1 rings (SSSR count). The molecule has 0 aliphatic carbocycles. The van der Waals surface area contributed by atoms with Crippen LogP contribution < -0.4 is 0 Å². The second-order valence-corrected chi connectivity index (χ2v) is 4.24. The Kier molecular flexibility index (Phi) is 2.98. The largest absolute Gasteiger partial charge is 0.274 e. The number of thiocarbonyl (C=S) groups is 2. The lowest BCUT2D eigenvalue weighted by atomic mass is 10.4. The fourth-order valence-corrected chi connectivity index (χ4v) is 2.69. The topological polar surface area (TPSA) is 20.3 Å². The second kappa shape index (κ2) is 3.64. The first-order valence-corrected chi connectivity index (χ1v) is 4.94. The maximum atomic E-state index is 11.0. The Hall–Kier alpha value is -0.260. The van der Waals surface area contributed by atoms with Crippen LogP contribution in [0.25, 0.3) is 0 Å². The van der Waals surface area contributed by atoms with Crippen LogP contribution in [0.2, 0.25) is 0 Å². The van der Waals surface area contributed by atoms with Gasteiger partial charge in [-0.2, -0.15) is 0 Å². The van der Waals surface area contributed by atoms with Crippen molar-refractivity contribution in [3.05, 3.63) is 11.0 Å². The Labute approximate surface area is 86.0 Å². The van der Waals surface area contributed by atoms with Gasteiger partial charge in [-0.05, 0) is 6.92 Å². The number of carbonyl (C=O) groups excluding carboxylic acids is 1. The molecule has 1 aliphatic heterocycles. The molecular formula is C7H7NOS3. The van der Waals surface area contributed by atoms with Crippen LogP contribution in [0.5, 0.6) is 0 Å². The normalized spacial score (nSPS) is 20.8. The van der Waals surface area contributed by atoms with Crippen molar-refractivity contribution in [2.75, 3.05) is 0 Å². The molecule has 0 radical (unpaired) electrons. The van der Waals surface area contributed by atoms with Crippen LogP contribution in [-0.2, 0) is 4.79 Å². The zero-order valence-corrected chi connectivity index (χ0v) is 9.11. The summed E-state index contributed by atoms with van der Waals surface area (Å²) in [6, 6.07) is 0. The van der Waals surface area contributed by atoms with E-state index in [9.17, 15) is 4.79 Å². The molecule has 1 fully saturated rings. The lowest BCUT2D eigenvalue weighted by Crippen LogP contribution is -2.31. The fraction of sp³-hybridized carbons (Fsp3) is 0.286. The molecule has 0 aromatic carbocycles. The molecule has 0 atom stereocenters. The predicted molar refractivity (Wildman–Crippen MR) is 59.1 cm³/mol. The van der Waals surface area contributed by atoms with Crippen molar-refractivity contribution in [1.82, 2.24) is 4.90 Å². The van der Waals surface area contributed by atoms with Crippen molar-refractivity contribution in [3.63, 3.8) is 0 Å². The summed E-state index contributed by atoms with van der Waals surface area (Å²) in [5, 5.41) is 0. The van der Waals surface area contributed by atoms with E-state index in [0.29, 0.717) is 9.31 Å². The predicted octanol–water partition coefficient (Wildman–Crippen LogP) is 2.10. The van der Waals surface area contributed by atoms with Crippen molar-refractivity contribution < 1.29 is 4.79 Å². The maximum Gasteiger partial charge on any atom is 0.230 e. The Morgan fingerprint density at radius 3 is 2.42 bits per heavy atom. The molecule has 64 valence electrons. The minimum Gasteiger partial charge on any atom is -0.274 e. The van der Waals surface area contributed by atoms with Crippen LogP contribution >= 0.6 is 36.2 Å². The zero-order valence-electron chi connectivity index (χ0n) is 6.66. The van der Waals surface area contributed by atoms with E-state index in [2.05, 4.69) is 0 Å². The fourth-order valence-electron chi connectivity index (χ4n) is 0.830. The third kappa shape index (κ3) is 1.57. The van der Waals surface area contributed by atoms with Gasteiger partial charge in [-0.3, -0.25) is 9.69 Å². The minimum absolute atomic E-state index is 0.116. The quantitative estimate of drug-likeness (QED) is 0.457. The van der Waals surface area contributed by atoms with Crippen LogP contribution in [0.1, 0.15) is 13.8 Å². The van der Waals surface area contributed by atoms with Gasteiger partial charge in [0.15, 0.2) is 4.32 Å². The SMILES string of the molecule is C/C=C1/SC(=S)N(C(C)=O)C1=S. The van der Waals surface area contributed by atoms with E-state index in [-0.39, 0.29) is 5.91 Å². The molecule has 0 aromatic rings. The van der Waals surface area contributed by atoms with Gasteiger partial charge in [-0.1, -0.05) is 42.3 Å². The number of hydrogen-bond acceptors (Lipinski definition) is 4. The molecule has 12 heavy (non-hydrogen) atoms. The number of nitrogens with zero attached hydrogens (tertiary/aromatic N) is 1. The van der Waals surface area contributed by atoms with Gasteiger partial charge >= 0.3 is 0 Å². The standard InChI is InChI=1S/C7H7NOS3/c1-3-5-6(10)8(4(2)9)7(11)12-5/h3H,1-2H3/b5-3+. The van der Waals surface area contributed by atoms with Crippen molar-refractivity contribution in [2.24, 2.45) is 0 Å². The van der Waals surface area contributed by atoms with Crippen LogP contribution in [0, 0.1) is 0 Å². The zero-order chi connectivity index (χ0) is 9.30. The highest BCUT2D eigenvalue weighted by molar-refractivity contribution is 8.27. The first-order valence-electron chi connectivity index (χ1n) is 3.31. The molecule has 5 heteroatoms. The molecule has 0 saturated carbocycles. The van der Waals surface area contributed by atoms with Gasteiger partial charge in [-0.25, -0.2) is 0 Å². The Morgan fingerprint density at radius 2 is 2.17 bits per heavy atom. The molecule has 1 heterocycles. The Balaban J connectivity index is 3.00. The summed E-state index contributed by atoms with van der Waals surface area (Å²) in [6.45, 7) is 3.33. The third-order valence-electron chi connectivity index (χ3n) is 1.37. The van der Waals surface area contributed by atoms with Crippen molar-refractivity contribution in [3.8, 4) is 0 Å². The maximum absolute atomic E-state index is 11.0. The Morgan fingerprint density at radius 1 is 1.58 bits per heavy atom. The van der Waals surface area contributed by atoms with Gasteiger partial charge in [-0.15, -0.1) is 0 Å². The first kappa shape index (κ1) is 9.83. The summed E-state index contributed by atoms with van der Waals surface area (Å²) in [5.74, 6) is -0.116. The van der Waals surface area contributed by atoms with E-state index in [4.69, 9.17) is 24.4 Å². The van der Waals surface area contributed by atoms with Gasteiger partial charge in [0.25, 0.3) is 0 Å². The molecule has 0 spiro atoms. The van der Waals surface area contributed by atoms with Crippen LogP contribution in [0.15, 0.2) is 11.0 Å². The van der Waals surface area contributed by atoms with Gasteiger partial charge in [0.1, 0.15) is 4.99 Å². The van der Waals surface area contributed by atoms with Crippen molar-refractivity contribution in [2.45, 2.75) is 13.8 Å². The number of rotatable bonds is 0. The number of carbonyl (C=O) groups is 1. The summed E-state index contributed by atoms with van der Waals surface area (Å²) >= 11 is 11.4. The van der Waals surface area contributed by atoms with Crippen molar-refractivity contribution >= 4 is 51.4 Å². The summed E-state index contributed by atoms with van der Waals surface area (Å²) in [6.07, 6.45) is 1.86. The lowest BCUT2D eigenvalue weighted by Gasteiger charge is -2.10. The first-order chi connectivity index (χ1) is 5.57. The van der Waals surface area contributed by atoms with Crippen molar-refractivity contribution in [1.29, 1.82) is 0 Å². The average molecular weight is 217 g/mol. The van der Waals surface area contributed by atoms with E-state index >= 15 is 0 Å². The van der Waals surface area contributed by atoms with Gasteiger partial charge < -0.3 is 0 Å². The van der Waals surface area contributed by atoms with E-state index < -0.39 is 0 Å². The van der Waals surface area contributed by atoms with E-state index in [0.717, 1.165) is 4.91 Å². The van der Waals surface area contributed by atoms with Gasteiger partial charge in [0, 0.05) is 11.8 Å². The summed E-state index contributed by atoms with van der Waals surface area (Å²) in [4.78, 5) is 13.8. The molecular weight excluding hydrogens is 210 g/mol. The Bertz CT molecular complexity index is 295. The average Bonchev–Trinajstić information content (AvgIpc) is 2.25. The molecule has 0 bridgehead atoms. The van der Waals surface area contributed by atoms with Crippen LogP contribution in [0.3, 0.4) is 0 Å². The summed E-state index contributed by atoms with van der Waals surface area (Å²) < 4.78 is 0.528. The van der Waals surface area contributed by atoms with E-state index in [1.807, 2.05) is 13.0 Å². The number of hydrogen-bond donors (Lipinski definition) is 0. The van der Waals surface area contributed by atoms with Crippen LogP contribution in [-0.4, -0.2) is 20.1 Å². The second-order valence-electron chi connectivity index (χ2n) is 2.18. The highest BCUT2D eigenvalue weighted by Crippen LogP contribution is 2.31. The molecule has 2 nitrogen and oxygen atoms in total. The van der Waals surface area contributed by atoms with Gasteiger partial charge in [0.05, 0.1) is 0 Å². The number of amides is 1. The molecule has 0 unspecified atom stereocenters. The molecule has 0 aromatic heterocycles. The number of thioether (sulfide) groups is 1. The third-order valence-corrected chi connectivity index (χ3v) is 3.34. The summed E-state index contributed by atoms with van der Waals surface area (Å²) in [5.41, 5.74) is 0. The highest BCUT2D eigenvalue weighted by atomic mass is 32.2. The van der Waals surface area contributed by atoms with E-state index in [1.165, 1.54) is 23.6 Å². The number of allylic oxidation sites excluding steroid dienone is 1. The van der Waals surface area contributed by atoms with Crippen LogP contribution in [0.4, 0.5) is 0 Å². The molecule has 1 aliphatic rings. The molecule has 1 amide bonds. The molecule has 1 saturated heterocycles. The highest BCUT2D eigenvalue weighted by Gasteiger charge is 2.30. The summed E-state index contributed by atoms with van der Waals surface area (Å²) in [7, 11) is 0. The van der Waals surface area contributed by atoms with Gasteiger partial charge in [0.2, 0.25) is 5.91 Å². The van der Waals surface area contributed by atoms with E-state index in [1.54, 1.807) is 0 Å². The monoisotopic (exact) mass is 217 g/mol. The lowest BCUT2D eigenvalue weighted by molar-refractivity contribution is -0.122. The molecule has 0 N–H and O–H groups in total. The smallest absolute Gasteiger partial charge is 0.230 e. The minimum atomic E-state index is -0.116.